The normalized spacial score (nSPS) is 12.3. The molecule has 0 aliphatic rings. The fraction of sp³-hybridized carbons (Fsp3) is 0.500. The van der Waals surface area contributed by atoms with Crippen molar-refractivity contribution in [1.29, 1.82) is 0 Å². The molecule has 2 amide bonds. The van der Waals surface area contributed by atoms with Gasteiger partial charge in [-0.3, -0.25) is 9.59 Å². The van der Waals surface area contributed by atoms with Crippen LogP contribution in [0.2, 0.25) is 0 Å². The number of halogens is 1. The van der Waals surface area contributed by atoms with Gasteiger partial charge in [0.2, 0.25) is 5.91 Å². The Morgan fingerprint density at radius 2 is 1.83 bits per heavy atom. The molecule has 0 bridgehead atoms. The molecule has 6 nitrogen and oxygen atoms in total. The number of carbonyl (C=O) groups excluding carboxylic acids is 2. The van der Waals surface area contributed by atoms with E-state index >= 15 is 0 Å². The van der Waals surface area contributed by atoms with Crippen LogP contribution in [0, 0.1) is 5.92 Å². The lowest BCUT2D eigenvalue weighted by atomic mass is 9.87. The molecule has 2 aromatic carbocycles. The maximum Gasteiger partial charge on any atom is 0.261 e. The average Bonchev–Trinajstić information content (AvgIpc) is 2.81. The Hall–Kier alpha value is -2.54. The average molecular weight is 548 g/mol. The van der Waals surface area contributed by atoms with Crippen molar-refractivity contribution in [3.8, 4) is 11.5 Å². The Bertz CT molecular complexity index is 1000. The molecule has 0 heterocycles. The molecule has 0 fully saturated rings. The third-order valence-electron chi connectivity index (χ3n) is 5.71. The second kappa shape index (κ2) is 13.0. The highest BCUT2D eigenvalue weighted by molar-refractivity contribution is 9.10. The zero-order chi connectivity index (χ0) is 26.2. The summed E-state index contributed by atoms with van der Waals surface area (Å²) in [6.07, 6.45) is 0.490. The molecule has 192 valence electrons. The van der Waals surface area contributed by atoms with Crippen LogP contribution in [0.15, 0.2) is 46.9 Å². The second-order valence-corrected chi connectivity index (χ2v) is 11.0. The van der Waals surface area contributed by atoms with Crippen molar-refractivity contribution in [3.63, 3.8) is 0 Å². The van der Waals surface area contributed by atoms with Crippen molar-refractivity contribution in [1.82, 2.24) is 10.2 Å². The van der Waals surface area contributed by atoms with Crippen LogP contribution in [-0.2, 0) is 21.5 Å². The number of nitrogens with zero attached hydrogens (tertiary/aromatic N) is 1. The van der Waals surface area contributed by atoms with Crippen LogP contribution in [0.4, 0.5) is 0 Å². The van der Waals surface area contributed by atoms with E-state index in [-0.39, 0.29) is 30.4 Å². The van der Waals surface area contributed by atoms with Crippen LogP contribution in [-0.4, -0.2) is 43.0 Å². The topological polar surface area (TPSA) is 67.9 Å². The number of hydrogen-bond donors (Lipinski definition) is 1. The molecule has 7 heteroatoms. The summed E-state index contributed by atoms with van der Waals surface area (Å²) in [6, 6.07) is 12.8. The number of amides is 2. The summed E-state index contributed by atoms with van der Waals surface area (Å²) in [4.78, 5) is 28.0. The molecule has 0 saturated carbocycles. The number of rotatable bonds is 11. The van der Waals surface area contributed by atoms with Crippen LogP contribution < -0.4 is 14.8 Å². The van der Waals surface area contributed by atoms with Gasteiger partial charge in [0.15, 0.2) is 6.61 Å². The van der Waals surface area contributed by atoms with E-state index in [1.54, 1.807) is 12.0 Å². The number of carbonyl (C=O) groups is 2. The predicted octanol–water partition coefficient (Wildman–Crippen LogP) is 5.71. The molecule has 0 radical (unpaired) electrons. The van der Waals surface area contributed by atoms with E-state index in [1.807, 2.05) is 63.2 Å². The van der Waals surface area contributed by atoms with Crippen molar-refractivity contribution < 1.29 is 19.1 Å². The zero-order valence-corrected chi connectivity index (χ0v) is 23.6. The Kier molecular flexibility index (Phi) is 10.6. The third kappa shape index (κ3) is 8.57. The number of nitrogens with one attached hydrogen (secondary N) is 1. The van der Waals surface area contributed by atoms with Gasteiger partial charge in [-0.05, 0) is 69.1 Å². The van der Waals surface area contributed by atoms with Crippen molar-refractivity contribution in [2.24, 2.45) is 5.92 Å². The molecular formula is C28H39BrN2O4. The molecule has 1 atom stereocenters. The monoisotopic (exact) mass is 546 g/mol. The second-order valence-electron chi connectivity index (χ2n) is 10.1. The minimum atomic E-state index is -0.609. The number of ether oxygens (including phenoxy) is 2. The van der Waals surface area contributed by atoms with E-state index < -0.39 is 6.04 Å². The zero-order valence-electron chi connectivity index (χ0n) is 22.0. The van der Waals surface area contributed by atoms with Gasteiger partial charge in [0, 0.05) is 13.1 Å². The van der Waals surface area contributed by atoms with Crippen LogP contribution in [0.1, 0.15) is 59.1 Å². The summed E-state index contributed by atoms with van der Waals surface area (Å²) >= 11 is 3.57. The third-order valence-corrected chi connectivity index (χ3v) is 6.33. The Balaban J connectivity index is 2.25. The van der Waals surface area contributed by atoms with Gasteiger partial charge in [-0.25, -0.2) is 0 Å². The molecule has 2 aromatic rings. The summed E-state index contributed by atoms with van der Waals surface area (Å²) < 4.78 is 12.0. The highest BCUT2D eigenvalue weighted by Crippen LogP contribution is 2.31. The van der Waals surface area contributed by atoms with E-state index in [4.69, 9.17) is 9.47 Å². The Morgan fingerprint density at radius 3 is 2.40 bits per heavy atom. The van der Waals surface area contributed by atoms with Gasteiger partial charge in [-0.1, -0.05) is 59.7 Å². The molecule has 0 saturated heterocycles. The summed E-state index contributed by atoms with van der Waals surface area (Å²) in [5, 5.41) is 2.97. The Morgan fingerprint density at radius 1 is 1.11 bits per heavy atom. The molecule has 0 aliphatic carbocycles. The van der Waals surface area contributed by atoms with Gasteiger partial charge in [-0.2, -0.15) is 0 Å². The molecule has 0 spiro atoms. The Labute approximate surface area is 218 Å². The van der Waals surface area contributed by atoms with Crippen LogP contribution in [0.25, 0.3) is 0 Å². The quantitative estimate of drug-likeness (QED) is 0.391. The first-order valence-corrected chi connectivity index (χ1v) is 12.9. The van der Waals surface area contributed by atoms with Gasteiger partial charge < -0.3 is 19.7 Å². The molecule has 0 unspecified atom stereocenters. The van der Waals surface area contributed by atoms with E-state index in [9.17, 15) is 9.59 Å². The van der Waals surface area contributed by atoms with Crippen molar-refractivity contribution >= 4 is 27.7 Å². The first-order valence-electron chi connectivity index (χ1n) is 12.1. The highest BCUT2D eigenvalue weighted by Gasteiger charge is 2.29. The van der Waals surface area contributed by atoms with E-state index in [1.165, 1.54) is 0 Å². The standard InChI is InChI=1S/C28H39BrN2O4/c1-8-24(27(33)30-16-19(2)3)31(17-20-10-9-11-22(14-20)34-7)26(32)18-35-25-13-12-21(15-23(25)29)28(4,5)6/h9-15,19,24H,8,16-18H2,1-7H3,(H,30,33)/t24-/m1/s1. The minimum Gasteiger partial charge on any atom is -0.497 e. The largest absolute Gasteiger partial charge is 0.497 e. The van der Waals surface area contributed by atoms with Gasteiger partial charge in [0.1, 0.15) is 17.5 Å². The van der Waals surface area contributed by atoms with Gasteiger partial charge in [-0.15, -0.1) is 0 Å². The molecule has 0 aliphatic heterocycles. The summed E-state index contributed by atoms with van der Waals surface area (Å²) in [6.45, 7) is 13.1. The summed E-state index contributed by atoms with van der Waals surface area (Å²) in [7, 11) is 1.60. The van der Waals surface area contributed by atoms with Gasteiger partial charge >= 0.3 is 0 Å². The van der Waals surface area contributed by atoms with E-state index in [0.29, 0.717) is 30.4 Å². The highest BCUT2D eigenvalue weighted by atomic mass is 79.9. The smallest absolute Gasteiger partial charge is 0.261 e. The fourth-order valence-electron chi connectivity index (χ4n) is 3.62. The molecule has 1 N–H and O–H groups in total. The molecule has 0 aromatic heterocycles. The van der Waals surface area contributed by atoms with Crippen molar-refractivity contribution in [2.75, 3.05) is 20.3 Å². The number of methoxy groups -OCH3 is 1. The first kappa shape index (κ1) is 28.7. The minimum absolute atomic E-state index is 0.00209. The van der Waals surface area contributed by atoms with Crippen LogP contribution in [0.5, 0.6) is 11.5 Å². The molecular weight excluding hydrogens is 508 g/mol. The maximum absolute atomic E-state index is 13.4. The summed E-state index contributed by atoms with van der Waals surface area (Å²) in [5.41, 5.74) is 2.04. The lowest BCUT2D eigenvalue weighted by Crippen LogP contribution is -2.50. The summed E-state index contributed by atoms with van der Waals surface area (Å²) in [5.74, 6) is 1.19. The van der Waals surface area contributed by atoms with Gasteiger partial charge in [0.25, 0.3) is 5.91 Å². The van der Waals surface area contributed by atoms with Crippen LogP contribution in [0.3, 0.4) is 0 Å². The lowest BCUT2D eigenvalue weighted by molar-refractivity contribution is -0.143. The van der Waals surface area contributed by atoms with E-state index in [0.717, 1.165) is 15.6 Å². The molecule has 35 heavy (non-hydrogen) atoms. The van der Waals surface area contributed by atoms with Gasteiger partial charge in [0.05, 0.1) is 11.6 Å². The SMILES string of the molecule is CC[C@H](C(=O)NCC(C)C)N(Cc1cccc(OC)c1)C(=O)COc1ccc(C(C)(C)C)cc1Br. The maximum atomic E-state index is 13.4. The fourth-order valence-corrected chi connectivity index (χ4v) is 4.11. The number of benzene rings is 2. The van der Waals surface area contributed by atoms with Crippen LogP contribution >= 0.6 is 15.9 Å². The van der Waals surface area contributed by atoms with Crippen molar-refractivity contribution in [2.45, 2.75) is 66.0 Å². The number of hydrogen-bond acceptors (Lipinski definition) is 4. The predicted molar refractivity (Wildman–Crippen MR) is 144 cm³/mol. The van der Waals surface area contributed by atoms with E-state index in [2.05, 4.69) is 42.0 Å². The lowest BCUT2D eigenvalue weighted by Gasteiger charge is -2.31. The first-order chi connectivity index (χ1) is 16.5. The van der Waals surface area contributed by atoms with Crippen molar-refractivity contribution in [3.05, 3.63) is 58.1 Å². The molecule has 2 rings (SSSR count).